The van der Waals surface area contributed by atoms with Crippen LogP contribution in [0.25, 0.3) is 0 Å². The predicted octanol–water partition coefficient (Wildman–Crippen LogP) is 3.22. The van der Waals surface area contributed by atoms with Gasteiger partial charge in [-0.2, -0.15) is 23.5 Å². The number of hydrazine groups is 1. The van der Waals surface area contributed by atoms with Gasteiger partial charge in [-0.15, -0.1) is 0 Å². The van der Waals surface area contributed by atoms with Crippen LogP contribution in [0.4, 0.5) is 0 Å². The highest BCUT2D eigenvalue weighted by Crippen LogP contribution is 2.40. The molecule has 0 aromatic heterocycles. The van der Waals surface area contributed by atoms with Crippen LogP contribution in [0, 0.1) is 0 Å². The van der Waals surface area contributed by atoms with Crippen molar-refractivity contribution < 1.29 is 4.74 Å². The average Bonchev–Trinajstić information content (AvgIpc) is 2.46. The van der Waals surface area contributed by atoms with Gasteiger partial charge in [0, 0.05) is 21.5 Å². The first-order valence-corrected chi connectivity index (χ1v) is 9.10. The molecule has 1 heterocycles. The van der Waals surface area contributed by atoms with Gasteiger partial charge in [0.25, 0.3) is 0 Å². The van der Waals surface area contributed by atoms with E-state index < -0.39 is 0 Å². The molecule has 1 fully saturated rings. The van der Waals surface area contributed by atoms with Crippen LogP contribution in [0.15, 0.2) is 24.3 Å². The van der Waals surface area contributed by atoms with E-state index >= 15 is 0 Å². The lowest BCUT2D eigenvalue weighted by atomic mass is 10.0. The van der Waals surface area contributed by atoms with Crippen LogP contribution in [-0.4, -0.2) is 28.1 Å². The Balaban J connectivity index is 2.07. The van der Waals surface area contributed by atoms with Crippen molar-refractivity contribution in [2.75, 3.05) is 12.4 Å². The Morgan fingerprint density at radius 3 is 2.55 bits per heavy atom. The molecule has 1 aliphatic rings. The summed E-state index contributed by atoms with van der Waals surface area (Å²) in [6, 6.07) is 8.47. The van der Waals surface area contributed by atoms with Gasteiger partial charge in [0.05, 0.1) is 12.6 Å². The van der Waals surface area contributed by atoms with Gasteiger partial charge >= 0.3 is 0 Å². The zero-order chi connectivity index (χ0) is 14.5. The zero-order valence-corrected chi connectivity index (χ0v) is 14.0. The Bertz CT molecular complexity index is 413. The lowest BCUT2D eigenvalue weighted by Gasteiger charge is -2.35. The Kier molecular flexibility index (Phi) is 6.08. The van der Waals surface area contributed by atoms with Crippen molar-refractivity contribution in [1.29, 1.82) is 0 Å². The van der Waals surface area contributed by atoms with E-state index in [1.807, 2.05) is 42.6 Å². The normalized spacial score (nSPS) is 28.1. The molecule has 4 atom stereocenters. The maximum absolute atomic E-state index is 5.81. The van der Waals surface area contributed by atoms with E-state index in [1.165, 1.54) is 5.56 Å². The van der Waals surface area contributed by atoms with Crippen LogP contribution < -0.4 is 16.0 Å². The molecule has 2 rings (SSSR count). The molecule has 1 aliphatic heterocycles. The second-order valence-corrected chi connectivity index (χ2v) is 8.10. The summed E-state index contributed by atoms with van der Waals surface area (Å²) in [5.74, 6) is 7.86. The Labute approximate surface area is 130 Å². The van der Waals surface area contributed by atoms with Crippen molar-refractivity contribution in [3.8, 4) is 5.75 Å². The standard InChI is InChI=1S/C15H24N2OS2/c1-4-18-13-7-5-12(6-8-13)15(17-16)14-9-19-10(2)11(3)20-14/h5-8,10-11,14-15,17H,4,9,16H2,1-3H3. The molecule has 20 heavy (non-hydrogen) atoms. The number of thioether (sulfide) groups is 2. The van der Waals surface area contributed by atoms with Crippen molar-refractivity contribution in [1.82, 2.24) is 5.43 Å². The number of benzene rings is 1. The molecule has 0 aliphatic carbocycles. The number of nitrogens with two attached hydrogens (primary N) is 1. The van der Waals surface area contributed by atoms with Crippen LogP contribution in [0.2, 0.25) is 0 Å². The van der Waals surface area contributed by atoms with Crippen LogP contribution >= 0.6 is 23.5 Å². The van der Waals surface area contributed by atoms with E-state index in [-0.39, 0.29) is 6.04 Å². The molecule has 3 nitrogen and oxygen atoms in total. The van der Waals surface area contributed by atoms with Gasteiger partial charge in [0.15, 0.2) is 0 Å². The summed E-state index contributed by atoms with van der Waals surface area (Å²) in [5, 5.41) is 1.89. The van der Waals surface area contributed by atoms with Gasteiger partial charge in [0.1, 0.15) is 5.75 Å². The van der Waals surface area contributed by atoms with E-state index in [0.29, 0.717) is 17.1 Å². The molecule has 0 spiro atoms. The third-order valence-electron chi connectivity index (χ3n) is 3.68. The largest absolute Gasteiger partial charge is 0.494 e. The second kappa shape index (κ2) is 7.59. The van der Waals surface area contributed by atoms with E-state index in [2.05, 4.69) is 31.4 Å². The molecular formula is C15H24N2OS2. The average molecular weight is 313 g/mol. The molecule has 112 valence electrons. The van der Waals surface area contributed by atoms with Crippen LogP contribution in [-0.2, 0) is 0 Å². The predicted molar refractivity (Wildman–Crippen MR) is 90.4 cm³/mol. The monoisotopic (exact) mass is 312 g/mol. The summed E-state index contributed by atoms with van der Waals surface area (Å²) in [6.07, 6.45) is 0. The Morgan fingerprint density at radius 2 is 2.00 bits per heavy atom. The number of nitrogens with one attached hydrogen (secondary N) is 1. The van der Waals surface area contributed by atoms with Crippen molar-refractivity contribution in [2.24, 2.45) is 5.84 Å². The van der Waals surface area contributed by atoms with Gasteiger partial charge in [-0.1, -0.05) is 26.0 Å². The minimum atomic E-state index is 0.193. The molecule has 1 aromatic carbocycles. The summed E-state index contributed by atoms with van der Waals surface area (Å²) in [5.41, 5.74) is 4.23. The van der Waals surface area contributed by atoms with Gasteiger partial charge in [0.2, 0.25) is 0 Å². The molecule has 0 bridgehead atoms. The number of hydrogen-bond donors (Lipinski definition) is 2. The number of rotatable bonds is 5. The molecule has 3 N–H and O–H groups in total. The molecule has 0 amide bonds. The first-order chi connectivity index (χ1) is 9.65. The smallest absolute Gasteiger partial charge is 0.119 e. The van der Waals surface area contributed by atoms with Crippen molar-refractivity contribution in [2.45, 2.75) is 42.6 Å². The third kappa shape index (κ3) is 3.85. The second-order valence-electron chi connectivity index (χ2n) is 5.06. The topological polar surface area (TPSA) is 47.3 Å². The van der Waals surface area contributed by atoms with Gasteiger partial charge in [-0.3, -0.25) is 11.3 Å². The highest BCUT2D eigenvalue weighted by molar-refractivity contribution is 8.07. The van der Waals surface area contributed by atoms with Gasteiger partial charge in [-0.25, -0.2) is 0 Å². The quantitative estimate of drug-likeness (QED) is 0.646. The van der Waals surface area contributed by atoms with Crippen molar-refractivity contribution in [3.63, 3.8) is 0 Å². The molecule has 0 saturated carbocycles. The minimum Gasteiger partial charge on any atom is -0.494 e. The van der Waals surface area contributed by atoms with E-state index in [9.17, 15) is 0 Å². The first-order valence-electron chi connectivity index (χ1n) is 7.11. The molecule has 0 radical (unpaired) electrons. The molecule has 1 saturated heterocycles. The Morgan fingerprint density at radius 1 is 1.30 bits per heavy atom. The Hall–Kier alpha value is -0.360. The van der Waals surface area contributed by atoms with Gasteiger partial charge in [-0.05, 0) is 24.6 Å². The highest BCUT2D eigenvalue weighted by atomic mass is 32.2. The maximum Gasteiger partial charge on any atom is 0.119 e. The van der Waals surface area contributed by atoms with Crippen LogP contribution in [0.1, 0.15) is 32.4 Å². The fourth-order valence-corrected chi connectivity index (χ4v) is 5.44. The van der Waals surface area contributed by atoms with E-state index in [4.69, 9.17) is 10.6 Å². The maximum atomic E-state index is 5.81. The minimum absolute atomic E-state index is 0.193. The zero-order valence-electron chi connectivity index (χ0n) is 12.3. The van der Waals surface area contributed by atoms with Crippen LogP contribution in [0.3, 0.4) is 0 Å². The number of hydrogen-bond acceptors (Lipinski definition) is 5. The summed E-state index contributed by atoms with van der Waals surface area (Å²) in [4.78, 5) is 0. The summed E-state index contributed by atoms with van der Waals surface area (Å²) >= 11 is 4.08. The van der Waals surface area contributed by atoms with Crippen molar-refractivity contribution in [3.05, 3.63) is 29.8 Å². The fourth-order valence-electron chi connectivity index (χ4n) is 2.34. The first kappa shape index (κ1) is 16.0. The lowest BCUT2D eigenvalue weighted by molar-refractivity contribution is 0.340. The molecule has 4 unspecified atom stereocenters. The fraction of sp³-hybridized carbons (Fsp3) is 0.600. The lowest BCUT2D eigenvalue weighted by Crippen LogP contribution is -2.40. The molecule has 5 heteroatoms. The molecule has 1 aromatic rings. The summed E-state index contributed by atoms with van der Waals surface area (Å²) < 4.78 is 5.49. The van der Waals surface area contributed by atoms with E-state index in [1.54, 1.807) is 0 Å². The van der Waals surface area contributed by atoms with Crippen molar-refractivity contribution >= 4 is 23.5 Å². The number of ether oxygens (including phenoxy) is 1. The molecular weight excluding hydrogens is 288 g/mol. The van der Waals surface area contributed by atoms with E-state index in [0.717, 1.165) is 16.8 Å². The SMILES string of the molecule is CCOc1ccc(C(NN)C2CSC(C)C(C)S2)cc1. The summed E-state index contributed by atoms with van der Waals surface area (Å²) in [7, 11) is 0. The van der Waals surface area contributed by atoms with Crippen LogP contribution in [0.5, 0.6) is 5.75 Å². The van der Waals surface area contributed by atoms with Gasteiger partial charge < -0.3 is 4.74 Å². The third-order valence-corrected chi connectivity index (χ3v) is 7.17. The summed E-state index contributed by atoms with van der Waals surface area (Å²) in [6.45, 7) is 7.31. The highest BCUT2D eigenvalue weighted by Gasteiger charge is 2.31.